The number of carbonyl (C=O) groups is 2. The second-order valence-corrected chi connectivity index (χ2v) is 3.59. The molecular weight excluding hydrogens is 222 g/mol. The molecule has 0 atom stereocenters. The van der Waals surface area contributed by atoms with E-state index < -0.39 is 0 Å². The molecular formula is C12H16NO4. The van der Waals surface area contributed by atoms with Gasteiger partial charge in [0.05, 0.1) is 27.3 Å². The predicted octanol–water partition coefficient (Wildman–Crippen LogP) is 0.0397. The molecule has 0 aromatic rings. The van der Waals surface area contributed by atoms with Gasteiger partial charge in [0.2, 0.25) is 0 Å². The van der Waals surface area contributed by atoms with Gasteiger partial charge in [0, 0.05) is 6.54 Å². The lowest BCUT2D eigenvalue weighted by molar-refractivity contribution is -0.145. The molecule has 0 heterocycles. The molecule has 1 saturated carbocycles. The van der Waals surface area contributed by atoms with Gasteiger partial charge in [0.25, 0.3) is 0 Å². The van der Waals surface area contributed by atoms with Gasteiger partial charge in [-0.1, -0.05) is 0 Å². The number of rotatable bonds is 6. The second kappa shape index (κ2) is 7.27. The molecule has 1 rings (SSSR count). The molecule has 1 fully saturated rings. The van der Waals surface area contributed by atoms with Gasteiger partial charge in [0.1, 0.15) is 0 Å². The molecule has 5 radical (unpaired) electrons. The lowest BCUT2D eigenvalue weighted by Crippen LogP contribution is -2.38. The number of esters is 2. The zero-order valence-electron chi connectivity index (χ0n) is 10.0. The van der Waals surface area contributed by atoms with Gasteiger partial charge in [-0.25, -0.2) is 0 Å². The third-order valence-electron chi connectivity index (χ3n) is 2.30. The van der Waals surface area contributed by atoms with E-state index in [0.717, 1.165) is 5.92 Å². The van der Waals surface area contributed by atoms with Crippen LogP contribution in [0, 0.1) is 31.6 Å². The quantitative estimate of drug-likeness (QED) is 0.611. The van der Waals surface area contributed by atoms with Crippen molar-refractivity contribution in [1.29, 1.82) is 0 Å². The fourth-order valence-corrected chi connectivity index (χ4v) is 1.44. The van der Waals surface area contributed by atoms with Gasteiger partial charge < -0.3 is 9.47 Å². The molecule has 5 nitrogen and oxygen atoms in total. The molecule has 0 unspecified atom stereocenters. The Labute approximate surface area is 102 Å². The van der Waals surface area contributed by atoms with Gasteiger partial charge in [0.15, 0.2) is 0 Å². The first-order valence-corrected chi connectivity index (χ1v) is 5.22. The van der Waals surface area contributed by atoms with Crippen LogP contribution in [0.3, 0.4) is 0 Å². The highest BCUT2D eigenvalue weighted by Crippen LogP contribution is 2.23. The molecule has 1 aliphatic rings. The summed E-state index contributed by atoms with van der Waals surface area (Å²) in [6.45, 7) is 0.644. The molecule has 0 N–H and O–H groups in total. The van der Waals surface area contributed by atoms with Crippen LogP contribution >= 0.6 is 0 Å². The van der Waals surface area contributed by atoms with E-state index in [-0.39, 0.29) is 25.0 Å². The molecule has 93 valence electrons. The summed E-state index contributed by atoms with van der Waals surface area (Å²) in [6.07, 6.45) is 7.68. The van der Waals surface area contributed by atoms with Crippen molar-refractivity contribution in [2.24, 2.45) is 0 Å². The average Bonchev–Trinajstić information content (AvgIpc) is 2.81. The third kappa shape index (κ3) is 5.17. The molecule has 17 heavy (non-hydrogen) atoms. The maximum atomic E-state index is 11.2. The molecule has 5 heteroatoms. The largest absolute Gasteiger partial charge is 0.468 e. The summed E-state index contributed by atoms with van der Waals surface area (Å²) in [5, 5.41) is 0. The summed E-state index contributed by atoms with van der Waals surface area (Å²) in [4.78, 5) is 24.1. The van der Waals surface area contributed by atoms with Gasteiger partial charge in [-0.2, -0.15) is 0 Å². The van der Waals surface area contributed by atoms with E-state index in [1.165, 1.54) is 14.2 Å². The highest BCUT2D eigenvalue weighted by molar-refractivity contribution is 5.75. The summed E-state index contributed by atoms with van der Waals surface area (Å²) in [6, 6.07) is 0. The van der Waals surface area contributed by atoms with Crippen LogP contribution in [-0.2, 0) is 19.1 Å². The van der Waals surface area contributed by atoms with Gasteiger partial charge in [-0.05, 0) is 31.6 Å². The Morgan fingerprint density at radius 3 is 1.94 bits per heavy atom. The van der Waals surface area contributed by atoms with Gasteiger partial charge >= 0.3 is 11.9 Å². The molecule has 0 amide bonds. The summed E-state index contributed by atoms with van der Waals surface area (Å²) in [7, 11) is 2.64. The Balaban J connectivity index is 2.44. The Hall–Kier alpha value is -1.10. The summed E-state index contributed by atoms with van der Waals surface area (Å²) in [5.41, 5.74) is 0. The van der Waals surface area contributed by atoms with Crippen molar-refractivity contribution < 1.29 is 19.1 Å². The van der Waals surface area contributed by atoms with E-state index in [9.17, 15) is 9.59 Å². The van der Waals surface area contributed by atoms with E-state index in [2.05, 4.69) is 9.47 Å². The standard InChI is InChI=1S/C12H16NO4/c1-16-11(14)8-13(9-12(15)17-2)7-10-5-3-4-6-10/h3-6H,7-9H2,1-2H3. The van der Waals surface area contributed by atoms with Crippen molar-refractivity contribution in [1.82, 2.24) is 4.90 Å². The normalized spacial score (nSPS) is 16.2. The van der Waals surface area contributed by atoms with Crippen LogP contribution in [0.15, 0.2) is 0 Å². The smallest absolute Gasteiger partial charge is 0.319 e. The first-order chi connectivity index (χ1) is 8.15. The minimum atomic E-state index is -0.375. The van der Waals surface area contributed by atoms with E-state index in [1.54, 1.807) is 4.90 Å². The van der Waals surface area contributed by atoms with Crippen LogP contribution in [0.5, 0.6) is 0 Å². The maximum Gasteiger partial charge on any atom is 0.319 e. The van der Waals surface area contributed by atoms with E-state index in [1.807, 2.05) is 25.7 Å². The first-order valence-electron chi connectivity index (χ1n) is 5.22. The Morgan fingerprint density at radius 2 is 1.53 bits per heavy atom. The Kier molecular flexibility index (Phi) is 5.97. The Morgan fingerprint density at radius 1 is 1.06 bits per heavy atom. The maximum absolute atomic E-state index is 11.2. The fraction of sp³-hybridized carbons (Fsp3) is 0.417. The third-order valence-corrected chi connectivity index (χ3v) is 2.30. The van der Waals surface area contributed by atoms with Crippen molar-refractivity contribution in [2.75, 3.05) is 33.9 Å². The average molecular weight is 238 g/mol. The van der Waals surface area contributed by atoms with Crippen molar-refractivity contribution >= 4 is 11.9 Å². The summed E-state index contributed by atoms with van der Waals surface area (Å²) in [5.74, 6) is 0.290. The molecule has 0 saturated heterocycles. The monoisotopic (exact) mass is 238 g/mol. The highest BCUT2D eigenvalue weighted by Gasteiger charge is 2.23. The van der Waals surface area contributed by atoms with Crippen LogP contribution in [0.4, 0.5) is 0 Å². The molecule has 0 spiro atoms. The van der Waals surface area contributed by atoms with Crippen molar-refractivity contribution in [2.45, 2.75) is 0 Å². The number of methoxy groups -OCH3 is 2. The van der Waals surface area contributed by atoms with Crippen LogP contribution in [0.2, 0.25) is 0 Å². The predicted molar refractivity (Wildman–Crippen MR) is 60.9 cm³/mol. The number of ether oxygens (including phenoxy) is 2. The number of hydrogen-bond acceptors (Lipinski definition) is 5. The number of carbonyl (C=O) groups excluding carboxylic acids is 2. The van der Waals surface area contributed by atoms with E-state index in [4.69, 9.17) is 0 Å². The van der Waals surface area contributed by atoms with E-state index >= 15 is 0 Å². The molecule has 0 aromatic heterocycles. The zero-order valence-corrected chi connectivity index (χ0v) is 10.0. The SMILES string of the molecule is COC(=O)CN(C[C]1[CH][CH][CH][CH]1)CC(=O)OC. The minimum Gasteiger partial charge on any atom is -0.468 e. The molecule has 0 aromatic carbocycles. The first kappa shape index (κ1) is 14.0. The molecule has 0 bridgehead atoms. The topological polar surface area (TPSA) is 55.8 Å². The van der Waals surface area contributed by atoms with Gasteiger partial charge in [-0.3, -0.25) is 14.5 Å². The minimum absolute atomic E-state index is 0.0662. The van der Waals surface area contributed by atoms with E-state index in [0.29, 0.717) is 6.54 Å². The Bertz CT molecular complexity index is 243. The number of nitrogens with zero attached hydrogens (tertiary/aromatic N) is 1. The summed E-state index contributed by atoms with van der Waals surface area (Å²) >= 11 is 0. The van der Waals surface area contributed by atoms with Crippen LogP contribution in [-0.4, -0.2) is 50.7 Å². The van der Waals surface area contributed by atoms with Crippen LogP contribution in [0.1, 0.15) is 0 Å². The lowest BCUT2D eigenvalue weighted by atomic mass is 10.1. The van der Waals surface area contributed by atoms with Crippen molar-refractivity contribution in [3.8, 4) is 0 Å². The zero-order chi connectivity index (χ0) is 12.7. The lowest BCUT2D eigenvalue weighted by Gasteiger charge is -2.22. The second-order valence-electron chi connectivity index (χ2n) is 3.59. The van der Waals surface area contributed by atoms with Crippen molar-refractivity contribution in [3.05, 3.63) is 31.6 Å². The summed E-state index contributed by atoms with van der Waals surface area (Å²) < 4.78 is 9.16. The fourth-order valence-electron chi connectivity index (χ4n) is 1.44. The highest BCUT2D eigenvalue weighted by atomic mass is 16.5. The molecule has 0 aliphatic heterocycles. The molecule has 1 aliphatic carbocycles. The van der Waals surface area contributed by atoms with Crippen LogP contribution in [0.25, 0.3) is 0 Å². The number of hydrogen-bond donors (Lipinski definition) is 0. The van der Waals surface area contributed by atoms with Crippen molar-refractivity contribution in [3.63, 3.8) is 0 Å². The van der Waals surface area contributed by atoms with Crippen LogP contribution < -0.4 is 0 Å². The van der Waals surface area contributed by atoms with Gasteiger partial charge in [-0.15, -0.1) is 0 Å².